The first-order valence-corrected chi connectivity index (χ1v) is 5.28. The Morgan fingerprint density at radius 3 is 2.65 bits per heavy atom. The first kappa shape index (κ1) is 13.0. The third kappa shape index (κ3) is 3.18. The topological polar surface area (TPSA) is 50.1 Å². The van der Waals surface area contributed by atoms with Gasteiger partial charge in [-0.2, -0.15) is 5.26 Å². The zero-order chi connectivity index (χ0) is 12.9. The molecule has 0 atom stereocenters. The van der Waals surface area contributed by atoms with Crippen molar-refractivity contribution < 1.29 is 9.53 Å². The van der Waals surface area contributed by atoms with E-state index in [-0.39, 0.29) is 0 Å². The summed E-state index contributed by atoms with van der Waals surface area (Å²) in [4.78, 5) is 11.0. The molecule has 0 bridgehead atoms. The Labute approximate surface area is 101 Å². The van der Waals surface area contributed by atoms with Crippen LogP contribution in [0.25, 0.3) is 6.08 Å². The molecule has 0 N–H and O–H groups in total. The SMILES string of the molecule is COC(=O)/C=C/c1ccccc1C(C)(C)C#N. The molecule has 0 aliphatic carbocycles. The number of hydrogen-bond acceptors (Lipinski definition) is 3. The number of carbonyl (C=O) groups is 1. The highest BCUT2D eigenvalue weighted by atomic mass is 16.5. The maximum Gasteiger partial charge on any atom is 0.330 e. The number of hydrogen-bond donors (Lipinski definition) is 0. The first-order chi connectivity index (χ1) is 8.01. The van der Waals surface area contributed by atoms with E-state index in [0.29, 0.717) is 0 Å². The highest BCUT2D eigenvalue weighted by Crippen LogP contribution is 2.26. The summed E-state index contributed by atoms with van der Waals surface area (Å²) >= 11 is 0. The molecule has 0 aliphatic rings. The summed E-state index contributed by atoms with van der Waals surface area (Å²) in [5, 5.41) is 9.13. The minimum Gasteiger partial charge on any atom is -0.466 e. The Hall–Kier alpha value is -2.08. The van der Waals surface area contributed by atoms with Crippen molar-refractivity contribution in [3.05, 3.63) is 41.5 Å². The van der Waals surface area contributed by atoms with Gasteiger partial charge in [0.15, 0.2) is 0 Å². The Balaban J connectivity index is 3.14. The lowest BCUT2D eigenvalue weighted by Crippen LogP contribution is -2.15. The van der Waals surface area contributed by atoms with Gasteiger partial charge in [-0.25, -0.2) is 4.79 Å². The molecule has 0 radical (unpaired) electrons. The monoisotopic (exact) mass is 229 g/mol. The fraction of sp³-hybridized carbons (Fsp3) is 0.286. The Bertz CT molecular complexity index is 481. The van der Waals surface area contributed by atoms with Gasteiger partial charge < -0.3 is 4.74 Å². The fourth-order valence-corrected chi connectivity index (χ4v) is 1.50. The molecule has 88 valence electrons. The maximum absolute atomic E-state index is 11.0. The molecule has 3 nitrogen and oxygen atoms in total. The molecule has 0 aliphatic heterocycles. The van der Waals surface area contributed by atoms with Crippen LogP contribution in [0.1, 0.15) is 25.0 Å². The summed E-state index contributed by atoms with van der Waals surface area (Å²) in [6, 6.07) is 9.76. The minimum atomic E-state index is -0.586. The Morgan fingerprint density at radius 2 is 2.06 bits per heavy atom. The Kier molecular flexibility index (Phi) is 4.06. The van der Waals surface area contributed by atoms with Gasteiger partial charge in [-0.15, -0.1) is 0 Å². The van der Waals surface area contributed by atoms with E-state index in [4.69, 9.17) is 5.26 Å². The maximum atomic E-state index is 11.0. The number of esters is 1. The number of benzene rings is 1. The van der Waals surface area contributed by atoms with Gasteiger partial charge in [-0.05, 0) is 31.1 Å². The van der Waals surface area contributed by atoms with Crippen molar-refractivity contribution in [1.29, 1.82) is 5.26 Å². The van der Waals surface area contributed by atoms with Crippen molar-refractivity contribution >= 4 is 12.0 Å². The summed E-state index contributed by atoms with van der Waals surface area (Å²) in [6.45, 7) is 3.69. The number of ether oxygens (including phenoxy) is 1. The molecule has 0 heterocycles. The van der Waals surface area contributed by atoms with Gasteiger partial charge in [-0.3, -0.25) is 0 Å². The molecular formula is C14H15NO2. The lowest BCUT2D eigenvalue weighted by atomic mass is 9.83. The number of nitrogens with zero attached hydrogens (tertiary/aromatic N) is 1. The van der Waals surface area contributed by atoms with Gasteiger partial charge in [0.05, 0.1) is 18.6 Å². The zero-order valence-electron chi connectivity index (χ0n) is 10.2. The number of rotatable bonds is 3. The lowest BCUT2D eigenvalue weighted by Gasteiger charge is -2.18. The van der Waals surface area contributed by atoms with Crippen LogP contribution in [0.5, 0.6) is 0 Å². The normalized spacial score (nSPS) is 11.2. The lowest BCUT2D eigenvalue weighted by molar-refractivity contribution is -0.134. The van der Waals surface area contributed by atoms with Gasteiger partial charge in [0.1, 0.15) is 0 Å². The third-order valence-electron chi connectivity index (χ3n) is 2.51. The molecule has 3 heteroatoms. The third-order valence-corrected chi connectivity index (χ3v) is 2.51. The molecule has 1 aromatic rings. The van der Waals surface area contributed by atoms with Gasteiger partial charge >= 0.3 is 5.97 Å². The number of methoxy groups -OCH3 is 1. The van der Waals surface area contributed by atoms with E-state index in [2.05, 4.69) is 10.8 Å². The van der Waals surface area contributed by atoms with Crippen LogP contribution in [-0.4, -0.2) is 13.1 Å². The molecule has 0 saturated heterocycles. The zero-order valence-corrected chi connectivity index (χ0v) is 10.2. The predicted molar refractivity (Wildman–Crippen MR) is 66.1 cm³/mol. The largest absolute Gasteiger partial charge is 0.466 e. The van der Waals surface area contributed by atoms with E-state index in [9.17, 15) is 4.79 Å². The van der Waals surface area contributed by atoms with Crippen molar-refractivity contribution in [2.75, 3.05) is 7.11 Å². The molecule has 0 aromatic heterocycles. The summed E-state index contributed by atoms with van der Waals surface area (Å²) in [5.74, 6) is -0.408. The average molecular weight is 229 g/mol. The van der Waals surface area contributed by atoms with Crippen LogP contribution in [0.4, 0.5) is 0 Å². The fourth-order valence-electron chi connectivity index (χ4n) is 1.50. The minimum absolute atomic E-state index is 0.408. The molecule has 0 spiro atoms. The standard InChI is InChI=1S/C14H15NO2/c1-14(2,10-15)12-7-5-4-6-11(12)8-9-13(16)17-3/h4-9H,1-3H3/b9-8+. The van der Waals surface area contributed by atoms with Crippen molar-refractivity contribution in [3.63, 3.8) is 0 Å². The molecule has 1 rings (SSSR count). The van der Waals surface area contributed by atoms with Gasteiger partial charge in [0.25, 0.3) is 0 Å². The van der Waals surface area contributed by atoms with E-state index in [1.54, 1.807) is 6.08 Å². The van der Waals surface area contributed by atoms with E-state index < -0.39 is 11.4 Å². The molecule has 0 unspecified atom stereocenters. The van der Waals surface area contributed by atoms with Crippen LogP contribution < -0.4 is 0 Å². The first-order valence-electron chi connectivity index (χ1n) is 5.28. The number of carbonyl (C=O) groups excluding carboxylic acids is 1. The smallest absolute Gasteiger partial charge is 0.330 e. The van der Waals surface area contributed by atoms with Crippen LogP contribution in [0.2, 0.25) is 0 Å². The van der Waals surface area contributed by atoms with Crippen LogP contribution in [-0.2, 0) is 14.9 Å². The van der Waals surface area contributed by atoms with E-state index in [0.717, 1.165) is 11.1 Å². The molecule has 0 fully saturated rings. The summed E-state index contributed by atoms with van der Waals surface area (Å²) in [7, 11) is 1.33. The summed E-state index contributed by atoms with van der Waals surface area (Å²) in [5.41, 5.74) is 1.16. The second-order valence-electron chi connectivity index (χ2n) is 4.18. The van der Waals surface area contributed by atoms with Crippen LogP contribution in [0.15, 0.2) is 30.3 Å². The second-order valence-corrected chi connectivity index (χ2v) is 4.18. The van der Waals surface area contributed by atoms with Gasteiger partial charge in [-0.1, -0.05) is 24.3 Å². The second kappa shape index (κ2) is 5.31. The van der Waals surface area contributed by atoms with Crippen molar-refractivity contribution in [3.8, 4) is 6.07 Å². The van der Waals surface area contributed by atoms with Gasteiger partial charge in [0.2, 0.25) is 0 Å². The van der Waals surface area contributed by atoms with E-state index >= 15 is 0 Å². The van der Waals surface area contributed by atoms with Crippen LogP contribution >= 0.6 is 0 Å². The molecule has 1 aromatic carbocycles. The van der Waals surface area contributed by atoms with Crippen LogP contribution in [0.3, 0.4) is 0 Å². The van der Waals surface area contributed by atoms with Crippen molar-refractivity contribution in [2.45, 2.75) is 19.3 Å². The molecular weight excluding hydrogens is 214 g/mol. The average Bonchev–Trinajstić information content (AvgIpc) is 2.36. The van der Waals surface area contributed by atoms with Crippen molar-refractivity contribution in [1.82, 2.24) is 0 Å². The highest BCUT2D eigenvalue weighted by Gasteiger charge is 2.21. The summed E-state index contributed by atoms with van der Waals surface area (Å²) in [6.07, 6.45) is 3.02. The van der Waals surface area contributed by atoms with Gasteiger partial charge in [0, 0.05) is 6.08 Å². The predicted octanol–water partition coefficient (Wildman–Crippen LogP) is 2.67. The van der Waals surface area contributed by atoms with Crippen LogP contribution in [0, 0.1) is 11.3 Å². The highest BCUT2D eigenvalue weighted by molar-refractivity contribution is 5.87. The molecule has 17 heavy (non-hydrogen) atoms. The molecule has 0 saturated carbocycles. The quantitative estimate of drug-likeness (QED) is 0.591. The molecule has 0 amide bonds. The number of nitriles is 1. The summed E-state index contributed by atoms with van der Waals surface area (Å²) < 4.78 is 4.53. The van der Waals surface area contributed by atoms with Crippen molar-refractivity contribution in [2.24, 2.45) is 0 Å². The Morgan fingerprint density at radius 1 is 1.41 bits per heavy atom. The van der Waals surface area contributed by atoms with E-state index in [1.165, 1.54) is 13.2 Å². The van der Waals surface area contributed by atoms with E-state index in [1.807, 2.05) is 38.1 Å².